The number of halogens is 2. The Hall–Kier alpha value is -3.90. The van der Waals surface area contributed by atoms with E-state index in [-0.39, 0.29) is 24.1 Å². The Morgan fingerprint density at radius 1 is 1.17 bits per heavy atom. The highest BCUT2D eigenvalue weighted by Gasteiger charge is 2.20. The first-order chi connectivity index (χ1) is 16.8. The summed E-state index contributed by atoms with van der Waals surface area (Å²) in [6.45, 7) is -1.52. The molecule has 0 unspecified atom stereocenters. The van der Waals surface area contributed by atoms with Crippen LogP contribution in [0.4, 0.5) is 31.9 Å². The fourth-order valence-corrected chi connectivity index (χ4v) is 3.80. The van der Waals surface area contributed by atoms with Gasteiger partial charge in [-0.3, -0.25) is 4.79 Å². The van der Waals surface area contributed by atoms with Crippen molar-refractivity contribution in [2.45, 2.75) is 26.2 Å². The van der Waals surface area contributed by atoms with E-state index in [1.54, 1.807) is 31.4 Å². The first kappa shape index (κ1) is 24.2. The molecule has 0 atom stereocenters. The number of hydrogen-bond donors (Lipinski definition) is 3. The summed E-state index contributed by atoms with van der Waals surface area (Å²) in [5.41, 5.74) is 9.06. The van der Waals surface area contributed by atoms with E-state index in [2.05, 4.69) is 42.5 Å². The minimum atomic E-state index is -2.92. The van der Waals surface area contributed by atoms with Crippen LogP contribution in [0, 0.1) is 0 Å². The number of carbonyl (C=O) groups excluding carboxylic acids is 1. The molecule has 0 radical (unpaired) electrons. The van der Waals surface area contributed by atoms with Crippen molar-refractivity contribution in [3.8, 4) is 5.75 Å². The summed E-state index contributed by atoms with van der Waals surface area (Å²) in [5.74, 6) is -0.146. The Morgan fingerprint density at radius 2 is 1.97 bits per heavy atom. The number of nitrogens with two attached hydrogens (primary N) is 1. The quantitative estimate of drug-likeness (QED) is 0.419. The van der Waals surface area contributed by atoms with Crippen LogP contribution in [0.5, 0.6) is 5.75 Å². The van der Waals surface area contributed by atoms with Crippen molar-refractivity contribution in [3.05, 3.63) is 58.8 Å². The molecule has 4 rings (SSSR count). The highest BCUT2D eigenvalue weighted by molar-refractivity contribution is 5.96. The first-order valence-electron chi connectivity index (χ1n) is 10.8. The lowest BCUT2D eigenvalue weighted by atomic mass is 9.99. The first-order valence-corrected chi connectivity index (χ1v) is 10.8. The summed E-state index contributed by atoms with van der Waals surface area (Å²) < 4.78 is 35.0. The van der Waals surface area contributed by atoms with E-state index in [1.165, 1.54) is 5.56 Å². The number of alkyl halides is 2. The van der Waals surface area contributed by atoms with Gasteiger partial charge >= 0.3 is 6.61 Å². The molecule has 1 amide bonds. The number of hydrogen-bond acceptors (Lipinski definition) is 9. The molecule has 4 N–H and O–H groups in total. The van der Waals surface area contributed by atoms with Gasteiger partial charge in [-0.05, 0) is 42.8 Å². The number of amides is 1. The number of rotatable bonds is 9. The van der Waals surface area contributed by atoms with E-state index in [0.717, 1.165) is 25.1 Å². The Labute approximate surface area is 200 Å². The molecule has 0 saturated heterocycles. The summed E-state index contributed by atoms with van der Waals surface area (Å²) in [7, 11) is 3.63. The van der Waals surface area contributed by atoms with Gasteiger partial charge < -0.3 is 30.7 Å². The molecule has 1 aromatic heterocycles. The van der Waals surface area contributed by atoms with Gasteiger partial charge in [0.1, 0.15) is 5.75 Å². The van der Waals surface area contributed by atoms with Gasteiger partial charge in [0.25, 0.3) is 5.91 Å². The smallest absolute Gasteiger partial charge is 0.345 e. The minimum Gasteiger partial charge on any atom is -0.495 e. The number of primary amides is 1. The third kappa shape index (κ3) is 5.78. The van der Waals surface area contributed by atoms with E-state index >= 15 is 0 Å². The lowest BCUT2D eigenvalue weighted by Gasteiger charge is -2.26. The number of ether oxygens (including phenoxy) is 2. The van der Waals surface area contributed by atoms with Crippen LogP contribution in [-0.4, -0.2) is 53.3 Å². The van der Waals surface area contributed by atoms with Crippen molar-refractivity contribution in [3.63, 3.8) is 0 Å². The molecule has 2 aromatic carbocycles. The number of carbonyl (C=O) groups is 1. The maximum absolute atomic E-state index is 12.5. The van der Waals surface area contributed by atoms with E-state index in [1.807, 2.05) is 12.1 Å². The second-order valence-electron chi connectivity index (χ2n) is 7.98. The van der Waals surface area contributed by atoms with Gasteiger partial charge in [-0.25, -0.2) is 0 Å². The van der Waals surface area contributed by atoms with Crippen molar-refractivity contribution in [2.75, 3.05) is 31.3 Å². The van der Waals surface area contributed by atoms with Crippen molar-refractivity contribution >= 4 is 29.0 Å². The maximum atomic E-state index is 12.5. The van der Waals surface area contributed by atoms with Gasteiger partial charge in [0.2, 0.25) is 5.95 Å². The molecule has 35 heavy (non-hydrogen) atoms. The second-order valence-corrected chi connectivity index (χ2v) is 7.98. The number of likely N-dealkylation sites (N-methyl/N-ethyl adjacent to an activating group) is 1. The van der Waals surface area contributed by atoms with Crippen LogP contribution in [-0.2, 0) is 24.3 Å². The summed E-state index contributed by atoms with van der Waals surface area (Å²) in [5, 5.41) is 13.9. The molecule has 0 bridgehead atoms. The van der Waals surface area contributed by atoms with Gasteiger partial charge in [-0.2, -0.15) is 13.8 Å². The third-order valence-electron chi connectivity index (χ3n) is 5.53. The summed E-state index contributed by atoms with van der Waals surface area (Å²) in [4.78, 5) is 18.5. The predicted octanol–water partition coefficient (Wildman–Crippen LogP) is 3.19. The van der Waals surface area contributed by atoms with Gasteiger partial charge in [-0.15, -0.1) is 10.2 Å². The average Bonchev–Trinajstić information content (AvgIpc) is 2.83. The normalized spacial score (nSPS) is 13.4. The van der Waals surface area contributed by atoms with Crippen LogP contribution in [0.2, 0.25) is 0 Å². The largest absolute Gasteiger partial charge is 0.495 e. The van der Waals surface area contributed by atoms with Gasteiger partial charge in [0.05, 0.1) is 19.4 Å². The molecular formula is C23H25F2N7O3. The molecule has 12 heteroatoms. The number of nitrogens with zero attached hydrogens (tertiary/aromatic N) is 4. The zero-order valence-corrected chi connectivity index (χ0v) is 19.2. The van der Waals surface area contributed by atoms with Crippen LogP contribution in [0.1, 0.15) is 27.2 Å². The van der Waals surface area contributed by atoms with Crippen molar-refractivity contribution in [2.24, 2.45) is 5.73 Å². The Kier molecular flexibility index (Phi) is 7.32. The monoisotopic (exact) mass is 485 g/mol. The zero-order chi connectivity index (χ0) is 24.9. The molecule has 184 valence electrons. The van der Waals surface area contributed by atoms with Crippen molar-refractivity contribution in [1.82, 2.24) is 20.1 Å². The lowest BCUT2D eigenvalue weighted by Crippen LogP contribution is -2.26. The van der Waals surface area contributed by atoms with E-state index < -0.39 is 12.5 Å². The Balaban J connectivity index is 1.65. The number of fused-ring (bicyclic) bond motifs is 1. The Morgan fingerprint density at radius 3 is 2.71 bits per heavy atom. The van der Waals surface area contributed by atoms with Crippen molar-refractivity contribution in [1.29, 1.82) is 0 Å². The number of nitrogens with one attached hydrogen (secondary N) is 2. The Bertz CT molecular complexity index is 1230. The number of benzene rings is 2. The SMILES string of the molecule is COc1cc2c(cc1Nc1nnc(C(N)=O)c(Nc3ccccc3COC(F)F)n1)CN(C)CC2. The number of methoxy groups -OCH3 is 1. The topological polar surface area (TPSA) is 128 Å². The molecule has 0 fully saturated rings. The van der Waals surface area contributed by atoms with E-state index in [4.69, 9.17) is 10.5 Å². The average molecular weight is 485 g/mol. The van der Waals surface area contributed by atoms with Crippen LogP contribution >= 0.6 is 0 Å². The predicted molar refractivity (Wildman–Crippen MR) is 125 cm³/mol. The van der Waals surface area contributed by atoms with E-state index in [0.29, 0.717) is 22.7 Å². The van der Waals surface area contributed by atoms with Crippen molar-refractivity contribution < 1.29 is 23.0 Å². The number of anilines is 4. The van der Waals surface area contributed by atoms with Gasteiger partial charge in [0, 0.05) is 24.3 Å². The molecule has 1 aliphatic heterocycles. The minimum absolute atomic E-state index is 0.0103. The number of para-hydroxylation sites is 1. The van der Waals surface area contributed by atoms with Crippen LogP contribution < -0.4 is 21.1 Å². The molecule has 0 aliphatic carbocycles. The van der Waals surface area contributed by atoms with Crippen LogP contribution in [0.25, 0.3) is 0 Å². The third-order valence-corrected chi connectivity index (χ3v) is 5.53. The molecule has 0 saturated carbocycles. The van der Waals surface area contributed by atoms with Gasteiger partial charge in [-0.1, -0.05) is 18.2 Å². The van der Waals surface area contributed by atoms with Crippen LogP contribution in [0.3, 0.4) is 0 Å². The highest BCUT2D eigenvalue weighted by Crippen LogP contribution is 2.33. The van der Waals surface area contributed by atoms with E-state index in [9.17, 15) is 13.6 Å². The standard InChI is InChI=1S/C23H25F2N7O3/c1-32-8-7-13-10-18(34-2)17(9-15(13)11-32)28-23-29-21(19(20(26)33)30-31-23)27-16-6-4-3-5-14(16)12-35-22(24)25/h3-6,9-10,22H,7-8,11-12H2,1-2H3,(H2,26,33)(H2,27,28,29,31). The molecule has 2 heterocycles. The second kappa shape index (κ2) is 10.6. The maximum Gasteiger partial charge on any atom is 0.345 e. The molecule has 10 nitrogen and oxygen atoms in total. The summed E-state index contributed by atoms with van der Waals surface area (Å²) in [6, 6.07) is 10.6. The zero-order valence-electron chi connectivity index (χ0n) is 19.2. The fraction of sp³-hybridized carbons (Fsp3) is 0.304. The summed E-state index contributed by atoms with van der Waals surface area (Å²) >= 11 is 0. The highest BCUT2D eigenvalue weighted by atomic mass is 19.3. The van der Waals surface area contributed by atoms with Gasteiger partial charge in [0.15, 0.2) is 11.5 Å². The number of aromatic nitrogens is 3. The summed E-state index contributed by atoms with van der Waals surface area (Å²) in [6.07, 6.45) is 0.913. The molecular weight excluding hydrogens is 460 g/mol. The van der Waals surface area contributed by atoms with Crippen LogP contribution in [0.15, 0.2) is 36.4 Å². The molecule has 0 spiro atoms. The fourth-order valence-electron chi connectivity index (χ4n) is 3.80. The molecule has 1 aliphatic rings. The molecule has 3 aromatic rings. The lowest BCUT2D eigenvalue weighted by molar-refractivity contribution is -0.137.